The summed E-state index contributed by atoms with van der Waals surface area (Å²) in [6.45, 7) is 0. The van der Waals surface area contributed by atoms with Gasteiger partial charge in [-0.2, -0.15) is 0 Å². The number of nitrogens with one attached hydrogen (secondary N) is 1. The molecular weight excluding hydrogens is 405 g/mol. The Bertz CT molecular complexity index is 913. The maximum Gasteiger partial charge on any atom is 0.182 e. The van der Waals surface area contributed by atoms with E-state index in [4.69, 9.17) is 35.4 Å². The quantitative estimate of drug-likeness (QED) is 0.486. The maximum atomic E-state index is 13.5. The predicted octanol–water partition coefficient (Wildman–Crippen LogP) is 6.04. The van der Waals surface area contributed by atoms with Gasteiger partial charge in [-0.15, -0.1) is 0 Å². The number of aromatic nitrogens is 2. The van der Waals surface area contributed by atoms with Gasteiger partial charge < -0.3 is 4.98 Å². The zero-order valence-electron chi connectivity index (χ0n) is 10.1. The van der Waals surface area contributed by atoms with E-state index in [0.29, 0.717) is 26.0 Å². The number of halogens is 5. The summed E-state index contributed by atoms with van der Waals surface area (Å²) in [4.78, 5) is 2.87. The fraction of sp³-hybridized carbons (Fsp3) is 0. The number of hydrogen-bond donors (Lipinski definition) is 1. The van der Waals surface area contributed by atoms with Gasteiger partial charge in [0.05, 0.1) is 26.8 Å². The topological polar surface area (TPSA) is 20.7 Å². The highest BCUT2D eigenvalue weighted by Crippen LogP contribution is 2.34. The molecule has 1 N–H and O–H groups in total. The van der Waals surface area contributed by atoms with Crippen LogP contribution in [-0.2, 0) is 0 Å². The Morgan fingerprint density at radius 2 is 1.81 bits per heavy atom. The van der Waals surface area contributed by atoms with Gasteiger partial charge in [0.2, 0.25) is 0 Å². The van der Waals surface area contributed by atoms with Crippen molar-refractivity contribution < 1.29 is 8.78 Å². The van der Waals surface area contributed by atoms with Gasteiger partial charge in [0.25, 0.3) is 0 Å². The van der Waals surface area contributed by atoms with Crippen LogP contribution in [0.3, 0.4) is 0 Å². The van der Waals surface area contributed by atoms with Crippen molar-refractivity contribution in [2.45, 2.75) is 0 Å². The van der Waals surface area contributed by atoms with Gasteiger partial charge in [-0.25, -0.2) is 8.78 Å². The fourth-order valence-electron chi connectivity index (χ4n) is 2.07. The van der Waals surface area contributed by atoms with Gasteiger partial charge in [-0.3, -0.25) is 4.57 Å². The highest BCUT2D eigenvalue weighted by molar-refractivity contribution is 9.10. The summed E-state index contributed by atoms with van der Waals surface area (Å²) in [5.74, 6) is -1.04. The average molecular weight is 410 g/mol. The molecule has 0 spiro atoms. The zero-order valence-corrected chi connectivity index (χ0v) is 14.0. The van der Waals surface area contributed by atoms with E-state index in [1.165, 1.54) is 24.3 Å². The first-order chi connectivity index (χ1) is 9.88. The van der Waals surface area contributed by atoms with Gasteiger partial charge in [-0.1, -0.05) is 23.2 Å². The minimum absolute atomic E-state index is 0.0420. The maximum absolute atomic E-state index is 13.5. The molecule has 21 heavy (non-hydrogen) atoms. The molecule has 0 radical (unpaired) electrons. The van der Waals surface area contributed by atoms with E-state index < -0.39 is 11.6 Å². The molecule has 8 heteroatoms. The summed E-state index contributed by atoms with van der Waals surface area (Å²) in [6, 6.07) is 5.13. The highest BCUT2D eigenvalue weighted by Gasteiger charge is 2.16. The molecule has 2 aromatic carbocycles. The molecule has 0 aliphatic rings. The standard InChI is InChI=1S/C13H5BrCl2F2N2S/c14-6-1-5(17)2-8(16)12(6)20-11-3-7(15)9(18)4-10(11)19-13(20)21/h1-4H,(H,19,21). The molecular formula is C13H5BrCl2F2N2S. The molecule has 1 aromatic heterocycles. The van der Waals surface area contributed by atoms with Crippen LogP contribution < -0.4 is 0 Å². The molecule has 0 aliphatic heterocycles. The predicted molar refractivity (Wildman–Crippen MR) is 86.1 cm³/mol. The van der Waals surface area contributed by atoms with Crippen LogP contribution in [0.25, 0.3) is 16.7 Å². The SMILES string of the molecule is Fc1cc(Cl)c(-n2c(=S)[nH]c3cc(F)c(Cl)cc32)c(Br)c1. The van der Waals surface area contributed by atoms with Crippen LogP contribution in [0.15, 0.2) is 28.7 Å². The first kappa shape index (κ1) is 15.0. The monoisotopic (exact) mass is 408 g/mol. The van der Waals surface area contributed by atoms with Crippen molar-refractivity contribution in [2.75, 3.05) is 0 Å². The molecule has 0 bridgehead atoms. The van der Waals surface area contributed by atoms with Crippen LogP contribution in [0, 0.1) is 16.4 Å². The number of benzene rings is 2. The molecule has 0 atom stereocenters. The van der Waals surface area contributed by atoms with Crippen LogP contribution in [0.4, 0.5) is 8.78 Å². The van der Waals surface area contributed by atoms with Crippen molar-refractivity contribution in [1.82, 2.24) is 9.55 Å². The first-order valence-electron chi connectivity index (χ1n) is 5.63. The third-order valence-electron chi connectivity index (χ3n) is 2.93. The average Bonchev–Trinajstić information content (AvgIpc) is 2.66. The second-order valence-electron chi connectivity index (χ2n) is 4.27. The molecule has 0 aliphatic carbocycles. The number of nitrogens with zero attached hydrogens (tertiary/aromatic N) is 1. The van der Waals surface area contributed by atoms with Crippen molar-refractivity contribution in [3.63, 3.8) is 0 Å². The van der Waals surface area contributed by atoms with Gasteiger partial charge in [0.1, 0.15) is 11.6 Å². The molecule has 3 aromatic rings. The molecule has 0 unspecified atom stereocenters. The van der Waals surface area contributed by atoms with Crippen molar-refractivity contribution in [1.29, 1.82) is 0 Å². The summed E-state index contributed by atoms with van der Waals surface area (Å²) >= 11 is 20.4. The van der Waals surface area contributed by atoms with Crippen molar-refractivity contribution >= 4 is 62.4 Å². The Balaban J connectivity index is 2.44. The minimum atomic E-state index is -0.558. The van der Waals surface area contributed by atoms with Crippen LogP contribution >= 0.6 is 51.3 Å². The summed E-state index contributed by atoms with van der Waals surface area (Å²) in [5.41, 5.74) is 1.46. The Labute approximate surface area is 141 Å². The van der Waals surface area contributed by atoms with E-state index in [1.807, 2.05) is 0 Å². The van der Waals surface area contributed by atoms with E-state index >= 15 is 0 Å². The Hall–Kier alpha value is -0.950. The van der Waals surface area contributed by atoms with Gasteiger partial charge >= 0.3 is 0 Å². The van der Waals surface area contributed by atoms with E-state index in [-0.39, 0.29) is 10.0 Å². The molecule has 0 saturated carbocycles. The third kappa shape index (κ3) is 2.50. The van der Waals surface area contributed by atoms with Crippen molar-refractivity contribution in [3.8, 4) is 5.69 Å². The zero-order chi connectivity index (χ0) is 15.3. The van der Waals surface area contributed by atoms with Crippen LogP contribution in [0.5, 0.6) is 0 Å². The second-order valence-corrected chi connectivity index (χ2v) is 6.32. The number of rotatable bonds is 1. The van der Waals surface area contributed by atoms with Gasteiger partial charge in [0.15, 0.2) is 4.77 Å². The summed E-state index contributed by atoms with van der Waals surface area (Å²) < 4.78 is 29.2. The largest absolute Gasteiger partial charge is 0.330 e. The Morgan fingerprint density at radius 3 is 2.48 bits per heavy atom. The molecule has 1 heterocycles. The lowest BCUT2D eigenvalue weighted by atomic mass is 10.2. The third-order valence-corrected chi connectivity index (χ3v) is 4.40. The first-order valence-corrected chi connectivity index (χ1v) is 7.59. The summed E-state index contributed by atoms with van der Waals surface area (Å²) in [5, 5.41) is 0.124. The number of imidazole rings is 1. The number of fused-ring (bicyclic) bond motifs is 1. The van der Waals surface area contributed by atoms with Crippen molar-refractivity contribution in [3.05, 3.63) is 55.2 Å². The highest BCUT2D eigenvalue weighted by atomic mass is 79.9. The lowest BCUT2D eigenvalue weighted by molar-refractivity contribution is 0.626. The summed E-state index contributed by atoms with van der Waals surface area (Å²) in [7, 11) is 0. The number of aromatic amines is 1. The number of H-pyrrole nitrogens is 1. The lowest BCUT2D eigenvalue weighted by Gasteiger charge is -2.10. The van der Waals surface area contributed by atoms with Crippen molar-refractivity contribution in [2.24, 2.45) is 0 Å². The Kier molecular flexibility index (Phi) is 3.81. The molecule has 108 valence electrons. The molecule has 3 rings (SSSR count). The molecule has 0 amide bonds. The van der Waals surface area contributed by atoms with Gasteiger partial charge in [-0.05, 0) is 46.3 Å². The molecule has 0 saturated heterocycles. The van der Waals surface area contributed by atoms with Crippen LogP contribution in [-0.4, -0.2) is 9.55 Å². The minimum Gasteiger partial charge on any atom is -0.330 e. The molecule has 2 nitrogen and oxygen atoms in total. The smallest absolute Gasteiger partial charge is 0.182 e. The van der Waals surface area contributed by atoms with E-state index in [1.54, 1.807) is 4.57 Å². The summed E-state index contributed by atoms with van der Waals surface area (Å²) in [6.07, 6.45) is 0. The van der Waals surface area contributed by atoms with Crippen LogP contribution in [0.2, 0.25) is 10.0 Å². The van der Waals surface area contributed by atoms with E-state index in [0.717, 1.165) is 0 Å². The van der Waals surface area contributed by atoms with E-state index in [9.17, 15) is 8.78 Å². The van der Waals surface area contributed by atoms with Crippen LogP contribution in [0.1, 0.15) is 0 Å². The molecule has 0 fully saturated rings. The van der Waals surface area contributed by atoms with Gasteiger partial charge in [0, 0.05) is 10.5 Å². The van der Waals surface area contributed by atoms with E-state index in [2.05, 4.69) is 20.9 Å². The Morgan fingerprint density at radius 1 is 1.10 bits per heavy atom. The second kappa shape index (κ2) is 5.35. The number of hydrogen-bond acceptors (Lipinski definition) is 1. The normalized spacial score (nSPS) is 11.3. The lowest BCUT2D eigenvalue weighted by Crippen LogP contribution is -1.98. The fourth-order valence-corrected chi connectivity index (χ4v) is 3.54.